The third-order valence-electron chi connectivity index (χ3n) is 3.21. The van der Waals surface area contributed by atoms with E-state index in [4.69, 9.17) is 4.74 Å². The van der Waals surface area contributed by atoms with Crippen molar-refractivity contribution in [2.24, 2.45) is 0 Å². The van der Waals surface area contributed by atoms with Gasteiger partial charge >= 0.3 is 0 Å². The Bertz CT molecular complexity index is 577. The van der Waals surface area contributed by atoms with E-state index in [0.29, 0.717) is 24.5 Å². The lowest BCUT2D eigenvalue weighted by Crippen LogP contribution is -2.36. The maximum absolute atomic E-state index is 5.43. The third-order valence-corrected chi connectivity index (χ3v) is 3.21. The van der Waals surface area contributed by atoms with E-state index in [0.717, 1.165) is 13.0 Å². The van der Waals surface area contributed by atoms with Crippen LogP contribution < -0.4 is 10.6 Å². The van der Waals surface area contributed by atoms with Crippen molar-refractivity contribution in [3.05, 3.63) is 18.7 Å². The van der Waals surface area contributed by atoms with Gasteiger partial charge in [-0.2, -0.15) is 15.0 Å². The summed E-state index contributed by atoms with van der Waals surface area (Å²) in [6.45, 7) is 3.50. The van der Waals surface area contributed by atoms with E-state index in [2.05, 4.69) is 37.5 Å². The van der Waals surface area contributed by atoms with E-state index < -0.39 is 0 Å². The van der Waals surface area contributed by atoms with E-state index in [9.17, 15) is 0 Å². The van der Waals surface area contributed by atoms with Gasteiger partial charge < -0.3 is 15.4 Å². The number of imidazole rings is 1. The number of hydrogen-bond donors (Lipinski definition) is 2. The Morgan fingerprint density at radius 3 is 2.80 bits per heavy atom. The standard InChI is InChI=1S/C12H17N7O/c1-12(3-6-20-7-12)18-10-15-9(13-2)16-11(17-10)19-5-4-14-8-19/h4-5,8H,3,6-7H2,1-2H3,(H2,13,15,16,17,18). The van der Waals surface area contributed by atoms with Crippen LogP contribution in [0.5, 0.6) is 0 Å². The van der Waals surface area contributed by atoms with Gasteiger partial charge in [0.15, 0.2) is 0 Å². The fraction of sp³-hybridized carbons (Fsp3) is 0.500. The first-order chi connectivity index (χ1) is 9.68. The summed E-state index contributed by atoms with van der Waals surface area (Å²) in [6, 6.07) is 0. The number of hydrogen-bond acceptors (Lipinski definition) is 7. The predicted molar refractivity (Wildman–Crippen MR) is 74.0 cm³/mol. The van der Waals surface area contributed by atoms with Crippen LogP contribution >= 0.6 is 0 Å². The van der Waals surface area contributed by atoms with Crippen LogP contribution in [0.4, 0.5) is 11.9 Å². The van der Waals surface area contributed by atoms with Gasteiger partial charge in [0.25, 0.3) is 0 Å². The Balaban J connectivity index is 1.92. The van der Waals surface area contributed by atoms with Crippen LogP contribution in [0.15, 0.2) is 18.7 Å². The van der Waals surface area contributed by atoms with Crippen LogP contribution in [0.25, 0.3) is 5.95 Å². The first-order valence-corrected chi connectivity index (χ1v) is 6.47. The van der Waals surface area contributed by atoms with Crippen molar-refractivity contribution in [1.82, 2.24) is 24.5 Å². The summed E-state index contributed by atoms with van der Waals surface area (Å²) in [5.41, 5.74) is -0.140. The lowest BCUT2D eigenvalue weighted by molar-refractivity contribution is 0.185. The molecule has 8 nitrogen and oxygen atoms in total. The Morgan fingerprint density at radius 2 is 2.15 bits per heavy atom. The fourth-order valence-corrected chi connectivity index (χ4v) is 2.06. The van der Waals surface area contributed by atoms with Crippen LogP contribution in [0.2, 0.25) is 0 Å². The second kappa shape index (κ2) is 5.04. The summed E-state index contributed by atoms with van der Waals surface area (Å²) in [6.07, 6.45) is 6.05. The van der Waals surface area contributed by atoms with Crippen molar-refractivity contribution in [1.29, 1.82) is 0 Å². The molecule has 0 aromatic carbocycles. The van der Waals surface area contributed by atoms with Crippen LogP contribution in [-0.2, 0) is 4.74 Å². The lowest BCUT2D eigenvalue weighted by atomic mass is 10.0. The first kappa shape index (κ1) is 12.8. The highest BCUT2D eigenvalue weighted by Gasteiger charge is 2.30. The normalized spacial score (nSPS) is 21.9. The SMILES string of the molecule is CNc1nc(NC2(C)CCOC2)nc(-n2ccnc2)n1. The maximum atomic E-state index is 5.43. The van der Waals surface area contributed by atoms with Crippen LogP contribution in [0.3, 0.4) is 0 Å². The van der Waals surface area contributed by atoms with E-state index in [1.807, 2.05) is 0 Å². The molecule has 106 valence electrons. The molecule has 1 atom stereocenters. The Morgan fingerprint density at radius 1 is 1.30 bits per heavy atom. The van der Waals surface area contributed by atoms with Crippen molar-refractivity contribution in [3.63, 3.8) is 0 Å². The molecule has 1 saturated heterocycles. The molecule has 0 amide bonds. The van der Waals surface area contributed by atoms with E-state index in [-0.39, 0.29) is 5.54 Å². The number of nitrogens with zero attached hydrogens (tertiary/aromatic N) is 5. The average Bonchev–Trinajstić information content (AvgIpc) is 3.09. The highest BCUT2D eigenvalue weighted by atomic mass is 16.5. The smallest absolute Gasteiger partial charge is 0.241 e. The van der Waals surface area contributed by atoms with Crippen LogP contribution in [0.1, 0.15) is 13.3 Å². The molecule has 0 bridgehead atoms. The summed E-state index contributed by atoms with van der Waals surface area (Å²) in [7, 11) is 1.77. The molecule has 1 aliphatic rings. The van der Waals surface area contributed by atoms with E-state index >= 15 is 0 Å². The summed E-state index contributed by atoms with van der Waals surface area (Å²) >= 11 is 0. The number of rotatable bonds is 4. The third kappa shape index (κ3) is 2.55. The minimum atomic E-state index is -0.140. The second-order valence-corrected chi connectivity index (χ2v) is 4.99. The summed E-state index contributed by atoms with van der Waals surface area (Å²) in [5, 5.41) is 6.27. The van der Waals surface area contributed by atoms with Gasteiger partial charge in [-0.1, -0.05) is 0 Å². The molecule has 2 N–H and O–H groups in total. The van der Waals surface area contributed by atoms with Gasteiger partial charge in [0.05, 0.1) is 12.1 Å². The first-order valence-electron chi connectivity index (χ1n) is 6.47. The number of ether oxygens (including phenoxy) is 1. The maximum Gasteiger partial charge on any atom is 0.241 e. The number of nitrogens with one attached hydrogen (secondary N) is 2. The minimum absolute atomic E-state index is 0.140. The van der Waals surface area contributed by atoms with Crippen LogP contribution in [-0.4, -0.2) is 50.3 Å². The zero-order valence-electron chi connectivity index (χ0n) is 11.5. The molecule has 0 spiro atoms. The molecule has 1 aliphatic heterocycles. The molecular formula is C12H17N7O. The van der Waals surface area contributed by atoms with Gasteiger partial charge in [-0.3, -0.25) is 4.57 Å². The topological polar surface area (TPSA) is 89.8 Å². The van der Waals surface area contributed by atoms with Gasteiger partial charge in [-0.15, -0.1) is 0 Å². The summed E-state index contributed by atoms with van der Waals surface area (Å²) in [4.78, 5) is 17.1. The Kier molecular flexibility index (Phi) is 3.23. The van der Waals surface area contributed by atoms with Gasteiger partial charge in [-0.25, -0.2) is 4.98 Å². The average molecular weight is 275 g/mol. The fourth-order valence-electron chi connectivity index (χ4n) is 2.06. The molecule has 2 aromatic heterocycles. The van der Waals surface area contributed by atoms with E-state index in [1.54, 1.807) is 30.3 Å². The van der Waals surface area contributed by atoms with Gasteiger partial charge in [0.2, 0.25) is 17.8 Å². The minimum Gasteiger partial charge on any atom is -0.379 e. The van der Waals surface area contributed by atoms with E-state index in [1.165, 1.54) is 0 Å². The monoisotopic (exact) mass is 275 g/mol. The Labute approximate surface area is 116 Å². The lowest BCUT2D eigenvalue weighted by Gasteiger charge is -2.23. The molecule has 1 fully saturated rings. The van der Waals surface area contributed by atoms with Crippen LogP contribution in [0, 0.1) is 0 Å². The predicted octanol–water partition coefficient (Wildman–Crippen LogP) is 0.690. The molecule has 8 heteroatoms. The quantitative estimate of drug-likeness (QED) is 0.848. The van der Waals surface area contributed by atoms with Crippen molar-refractivity contribution in [3.8, 4) is 5.95 Å². The van der Waals surface area contributed by atoms with Gasteiger partial charge in [0, 0.05) is 26.0 Å². The van der Waals surface area contributed by atoms with Gasteiger partial charge in [0.1, 0.15) is 6.33 Å². The molecule has 1 unspecified atom stereocenters. The summed E-state index contributed by atoms with van der Waals surface area (Å²) < 4.78 is 7.16. The zero-order valence-corrected chi connectivity index (χ0v) is 11.5. The molecule has 0 radical (unpaired) electrons. The van der Waals surface area contributed by atoms with Crippen molar-refractivity contribution in [2.45, 2.75) is 18.9 Å². The molecule has 20 heavy (non-hydrogen) atoms. The number of anilines is 2. The van der Waals surface area contributed by atoms with Gasteiger partial charge in [-0.05, 0) is 13.3 Å². The number of aromatic nitrogens is 5. The molecule has 3 rings (SSSR count). The highest BCUT2D eigenvalue weighted by molar-refractivity contribution is 5.39. The zero-order chi connectivity index (χ0) is 14.0. The molecule has 0 saturated carbocycles. The van der Waals surface area contributed by atoms with Crippen molar-refractivity contribution >= 4 is 11.9 Å². The Hall–Kier alpha value is -2.22. The summed E-state index contributed by atoms with van der Waals surface area (Å²) in [5.74, 6) is 1.56. The van der Waals surface area contributed by atoms with Crippen molar-refractivity contribution in [2.75, 3.05) is 30.9 Å². The largest absolute Gasteiger partial charge is 0.379 e. The van der Waals surface area contributed by atoms with Crippen molar-refractivity contribution < 1.29 is 4.74 Å². The molecular weight excluding hydrogens is 258 g/mol. The molecule has 3 heterocycles. The molecule has 0 aliphatic carbocycles. The second-order valence-electron chi connectivity index (χ2n) is 4.99. The highest BCUT2D eigenvalue weighted by Crippen LogP contribution is 2.22. The molecule has 2 aromatic rings.